The van der Waals surface area contributed by atoms with E-state index in [2.05, 4.69) is 50.2 Å². The first kappa shape index (κ1) is 20.7. The Labute approximate surface area is 181 Å². The van der Waals surface area contributed by atoms with Crippen LogP contribution in [-0.2, 0) is 11.3 Å². The predicted octanol–water partition coefficient (Wildman–Crippen LogP) is 5.42. The van der Waals surface area contributed by atoms with E-state index in [0.717, 1.165) is 25.8 Å². The largest absolute Gasteiger partial charge is 0.325 e. The van der Waals surface area contributed by atoms with E-state index in [0.29, 0.717) is 11.7 Å². The number of allylic oxidation sites excluding steroid dienone is 1. The molecule has 0 bridgehead atoms. The number of carbonyl (C=O) groups excluding carboxylic acids is 1. The number of anilines is 1. The van der Waals surface area contributed by atoms with E-state index >= 15 is 0 Å². The zero-order valence-corrected chi connectivity index (χ0v) is 18.5. The number of amides is 1. The van der Waals surface area contributed by atoms with Crippen LogP contribution >= 0.6 is 39.5 Å². The number of thioether (sulfide) groups is 1. The molecule has 0 aliphatic carbocycles. The second kappa shape index (κ2) is 9.95. The maximum Gasteiger partial charge on any atom is 0.234 e. The number of hydrogen-bond acceptors (Lipinski definition) is 5. The SMILES string of the molecule is C=CCn1c(C)nnc1SCC(=O)Nc1ccc(Sc2ccc(Br)cc2)cc1. The maximum atomic E-state index is 12.3. The van der Waals surface area contributed by atoms with Crippen LogP contribution in [0, 0.1) is 6.92 Å². The zero-order chi connectivity index (χ0) is 19.9. The van der Waals surface area contributed by atoms with Gasteiger partial charge in [0.1, 0.15) is 5.82 Å². The summed E-state index contributed by atoms with van der Waals surface area (Å²) in [4.78, 5) is 14.5. The Kier molecular flexibility index (Phi) is 7.36. The quantitative estimate of drug-likeness (QED) is 0.349. The van der Waals surface area contributed by atoms with Crippen LogP contribution in [0.1, 0.15) is 5.82 Å². The van der Waals surface area contributed by atoms with Crippen molar-refractivity contribution in [2.24, 2.45) is 0 Å². The van der Waals surface area contributed by atoms with Crippen LogP contribution < -0.4 is 5.32 Å². The number of hydrogen-bond donors (Lipinski definition) is 1. The number of nitrogens with one attached hydrogen (secondary N) is 1. The third-order valence-corrected chi connectivity index (χ3v) is 6.24. The van der Waals surface area contributed by atoms with E-state index in [1.54, 1.807) is 17.8 Å². The summed E-state index contributed by atoms with van der Waals surface area (Å²) >= 11 is 6.48. The number of aromatic nitrogens is 3. The highest BCUT2D eigenvalue weighted by Gasteiger charge is 2.11. The molecule has 1 heterocycles. The fraction of sp³-hybridized carbons (Fsp3) is 0.150. The summed E-state index contributed by atoms with van der Waals surface area (Å²) in [7, 11) is 0. The molecule has 0 aliphatic heterocycles. The highest BCUT2D eigenvalue weighted by Crippen LogP contribution is 2.29. The highest BCUT2D eigenvalue weighted by molar-refractivity contribution is 9.10. The number of benzene rings is 2. The highest BCUT2D eigenvalue weighted by atomic mass is 79.9. The Hall–Kier alpha value is -2.03. The number of nitrogens with zero attached hydrogens (tertiary/aromatic N) is 3. The van der Waals surface area contributed by atoms with Crippen LogP contribution in [-0.4, -0.2) is 26.4 Å². The van der Waals surface area contributed by atoms with Gasteiger partial charge in [-0.2, -0.15) is 0 Å². The molecule has 0 aliphatic rings. The third-order valence-electron chi connectivity index (χ3n) is 3.73. The van der Waals surface area contributed by atoms with Gasteiger partial charge in [0, 0.05) is 26.5 Å². The molecule has 1 N–H and O–H groups in total. The molecule has 0 spiro atoms. The molecule has 0 unspecified atom stereocenters. The van der Waals surface area contributed by atoms with Gasteiger partial charge in [0.2, 0.25) is 5.91 Å². The summed E-state index contributed by atoms with van der Waals surface area (Å²) in [5.74, 6) is 0.996. The van der Waals surface area contributed by atoms with Crippen molar-refractivity contribution in [3.8, 4) is 0 Å². The van der Waals surface area contributed by atoms with E-state index in [9.17, 15) is 4.79 Å². The van der Waals surface area contributed by atoms with Crippen molar-refractivity contribution in [3.63, 3.8) is 0 Å². The summed E-state index contributed by atoms with van der Waals surface area (Å²) in [5, 5.41) is 11.8. The minimum Gasteiger partial charge on any atom is -0.325 e. The Balaban J connectivity index is 1.53. The maximum absolute atomic E-state index is 12.3. The Morgan fingerprint density at radius 2 is 1.79 bits per heavy atom. The van der Waals surface area contributed by atoms with Gasteiger partial charge in [-0.15, -0.1) is 16.8 Å². The average molecular weight is 475 g/mol. The van der Waals surface area contributed by atoms with Gasteiger partial charge in [-0.1, -0.05) is 45.5 Å². The van der Waals surface area contributed by atoms with Gasteiger partial charge in [0.25, 0.3) is 0 Å². The second-order valence-electron chi connectivity index (χ2n) is 5.85. The molecule has 28 heavy (non-hydrogen) atoms. The molecule has 3 rings (SSSR count). The smallest absolute Gasteiger partial charge is 0.234 e. The van der Waals surface area contributed by atoms with Crippen LogP contribution in [0.3, 0.4) is 0 Å². The summed E-state index contributed by atoms with van der Waals surface area (Å²) in [6.07, 6.45) is 1.79. The van der Waals surface area contributed by atoms with Gasteiger partial charge in [0.15, 0.2) is 5.16 Å². The number of aryl methyl sites for hydroxylation is 1. The van der Waals surface area contributed by atoms with Crippen LogP contribution in [0.25, 0.3) is 0 Å². The normalized spacial score (nSPS) is 10.6. The molecule has 8 heteroatoms. The van der Waals surface area contributed by atoms with Crippen LogP contribution in [0.2, 0.25) is 0 Å². The van der Waals surface area contributed by atoms with Gasteiger partial charge < -0.3 is 9.88 Å². The van der Waals surface area contributed by atoms with Crippen molar-refractivity contribution in [1.82, 2.24) is 14.8 Å². The Morgan fingerprint density at radius 1 is 1.14 bits per heavy atom. The summed E-state index contributed by atoms with van der Waals surface area (Å²) in [5.41, 5.74) is 0.773. The van der Waals surface area contributed by atoms with E-state index in [1.807, 2.05) is 47.9 Å². The molecule has 5 nitrogen and oxygen atoms in total. The molecule has 0 saturated carbocycles. The van der Waals surface area contributed by atoms with Crippen molar-refractivity contribution in [2.75, 3.05) is 11.1 Å². The lowest BCUT2D eigenvalue weighted by atomic mass is 10.3. The lowest BCUT2D eigenvalue weighted by molar-refractivity contribution is -0.113. The molecular formula is C20H19BrN4OS2. The van der Waals surface area contributed by atoms with Gasteiger partial charge in [-0.05, 0) is 55.5 Å². The van der Waals surface area contributed by atoms with Gasteiger partial charge in [-0.3, -0.25) is 4.79 Å². The molecule has 2 aromatic carbocycles. The van der Waals surface area contributed by atoms with Crippen molar-refractivity contribution in [2.45, 2.75) is 28.4 Å². The standard InChI is InChI=1S/C20H19BrN4OS2/c1-3-12-25-14(2)23-24-20(25)27-13-19(26)22-16-6-10-18(11-7-16)28-17-8-4-15(21)5-9-17/h3-11H,1,12-13H2,2H3,(H,22,26). The van der Waals surface area contributed by atoms with Crippen molar-refractivity contribution >= 4 is 51.0 Å². The van der Waals surface area contributed by atoms with Crippen LogP contribution in [0.4, 0.5) is 5.69 Å². The van der Waals surface area contributed by atoms with Gasteiger partial charge in [-0.25, -0.2) is 0 Å². The zero-order valence-electron chi connectivity index (χ0n) is 15.3. The lowest BCUT2D eigenvalue weighted by Crippen LogP contribution is -2.14. The van der Waals surface area contributed by atoms with Crippen molar-refractivity contribution in [3.05, 3.63) is 71.5 Å². The molecular weight excluding hydrogens is 456 g/mol. The molecule has 3 aromatic rings. The van der Waals surface area contributed by atoms with Crippen LogP contribution in [0.5, 0.6) is 0 Å². The summed E-state index contributed by atoms with van der Waals surface area (Å²) in [6, 6.07) is 16.0. The molecule has 0 saturated heterocycles. The number of carbonyl (C=O) groups is 1. The average Bonchev–Trinajstić information content (AvgIpc) is 3.04. The molecule has 1 amide bonds. The molecule has 0 fully saturated rings. The minimum absolute atomic E-state index is 0.0795. The number of halogens is 1. The summed E-state index contributed by atoms with van der Waals surface area (Å²) in [6.45, 7) is 6.25. The summed E-state index contributed by atoms with van der Waals surface area (Å²) < 4.78 is 2.99. The molecule has 0 atom stereocenters. The molecule has 0 radical (unpaired) electrons. The van der Waals surface area contributed by atoms with E-state index < -0.39 is 0 Å². The predicted molar refractivity (Wildman–Crippen MR) is 119 cm³/mol. The van der Waals surface area contributed by atoms with Crippen LogP contribution in [0.15, 0.2) is 80.6 Å². The first-order valence-corrected chi connectivity index (χ1v) is 11.1. The first-order valence-electron chi connectivity index (χ1n) is 8.52. The fourth-order valence-electron chi connectivity index (χ4n) is 2.38. The topological polar surface area (TPSA) is 59.8 Å². The second-order valence-corrected chi connectivity index (χ2v) is 8.85. The minimum atomic E-state index is -0.0795. The van der Waals surface area contributed by atoms with E-state index in [4.69, 9.17) is 0 Å². The molecule has 1 aromatic heterocycles. The van der Waals surface area contributed by atoms with Crippen molar-refractivity contribution in [1.29, 1.82) is 0 Å². The lowest BCUT2D eigenvalue weighted by Gasteiger charge is -2.07. The monoisotopic (exact) mass is 474 g/mol. The van der Waals surface area contributed by atoms with Gasteiger partial charge >= 0.3 is 0 Å². The van der Waals surface area contributed by atoms with Gasteiger partial charge in [0.05, 0.1) is 5.75 Å². The fourth-order valence-corrected chi connectivity index (χ4v) is 4.25. The van der Waals surface area contributed by atoms with E-state index in [1.165, 1.54) is 11.8 Å². The molecule has 144 valence electrons. The third kappa shape index (κ3) is 5.73. The Morgan fingerprint density at radius 3 is 2.43 bits per heavy atom. The first-order chi connectivity index (χ1) is 13.5. The Bertz CT molecular complexity index is 955. The van der Waals surface area contributed by atoms with Crippen molar-refractivity contribution < 1.29 is 4.79 Å². The van der Waals surface area contributed by atoms with E-state index in [-0.39, 0.29) is 11.7 Å². The number of rotatable bonds is 8.